The van der Waals surface area contributed by atoms with Crippen LogP contribution in [0.1, 0.15) is 42.5 Å². The highest BCUT2D eigenvalue weighted by Crippen LogP contribution is 2.22. The Morgan fingerprint density at radius 3 is 2.32 bits per heavy atom. The van der Waals surface area contributed by atoms with Crippen molar-refractivity contribution in [2.75, 3.05) is 22.6 Å². The van der Waals surface area contributed by atoms with E-state index in [0.29, 0.717) is 34.8 Å². The fourth-order valence-electron chi connectivity index (χ4n) is 3.15. The van der Waals surface area contributed by atoms with Crippen LogP contribution in [0.3, 0.4) is 0 Å². The molecule has 9 nitrogen and oxygen atoms in total. The number of pyridine rings is 1. The van der Waals surface area contributed by atoms with Crippen LogP contribution in [0.4, 0.5) is 11.4 Å². The number of nitrogens with one attached hydrogen (secondary N) is 3. The SMILES string of the molecule is CSCCC(NC(=O)c1cc(NC(C)=O)cc(NC(C)=O)c1)c1nnc2ccccn12. The van der Waals surface area contributed by atoms with Gasteiger partial charge in [-0.3, -0.25) is 18.8 Å². The second-order valence-electron chi connectivity index (χ2n) is 6.96. The van der Waals surface area contributed by atoms with Gasteiger partial charge in [-0.05, 0) is 48.8 Å². The Kier molecular flexibility index (Phi) is 7.24. The van der Waals surface area contributed by atoms with E-state index in [1.165, 1.54) is 13.8 Å². The first-order valence-corrected chi connectivity index (χ1v) is 11.1. The summed E-state index contributed by atoms with van der Waals surface area (Å²) in [7, 11) is 0. The van der Waals surface area contributed by atoms with Gasteiger partial charge in [-0.1, -0.05) is 6.07 Å². The third-order valence-corrected chi connectivity index (χ3v) is 5.05. The monoisotopic (exact) mass is 440 g/mol. The highest BCUT2D eigenvalue weighted by atomic mass is 32.2. The van der Waals surface area contributed by atoms with Gasteiger partial charge in [-0.2, -0.15) is 11.8 Å². The summed E-state index contributed by atoms with van der Waals surface area (Å²) in [5, 5.41) is 16.8. The third kappa shape index (κ3) is 5.82. The molecule has 0 radical (unpaired) electrons. The van der Waals surface area contributed by atoms with Crippen LogP contribution in [0.5, 0.6) is 0 Å². The van der Waals surface area contributed by atoms with Crippen LogP contribution in [-0.2, 0) is 9.59 Å². The Hall–Kier alpha value is -3.40. The van der Waals surface area contributed by atoms with Gasteiger partial charge in [0.2, 0.25) is 11.8 Å². The Labute approximate surface area is 184 Å². The van der Waals surface area contributed by atoms with Crippen LogP contribution >= 0.6 is 11.8 Å². The molecule has 0 bridgehead atoms. The number of aromatic nitrogens is 3. The number of anilines is 2. The van der Waals surface area contributed by atoms with Crippen LogP contribution in [0.15, 0.2) is 42.6 Å². The molecule has 3 N–H and O–H groups in total. The van der Waals surface area contributed by atoms with E-state index in [1.54, 1.807) is 30.0 Å². The number of amides is 3. The summed E-state index contributed by atoms with van der Waals surface area (Å²) >= 11 is 1.67. The Morgan fingerprint density at radius 1 is 1.03 bits per heavy atom. The van der Waals surface area contributed by atoms with Crippen molar-refractivity contribution in [3.8, 4) is 0 Å². The molecule has 0 saturated heterocycles. The van der Waals surface area contributed by atoms with Crippen molar-refractivity contribution in [2.45, 2.75) is 26.3 Å². The molecule has 10 heteroatoms. The molecule has 3 rings (SSSR count). The maximum atomic E-state index is 13.1. The van der Waals surface area contributed by atoms with E-state index in [9.17, 15) is 14.4 Å². The summed E-state index contributed by atoms with van der Waals surface area (Å²) in [4.78, 5) is 36.1. The minimum absolute atomic E-state index is 0.279. The smallest absolute Gasteiger partial charge is 0.252 e. The summed E-state index contributed by atoms with van der Waals surface area (Å²) < 4.78 is 1.85. The minimum Gasteiger partial charge on any atom is -0.342 e. The van der Waals surface area contributed by atoms with Crippen LogP contribution in [-0.4, -0.2) is 44.3 Å². The predicted octanol–water partition coefficient (Wildman–Crippen LogP) is 2.87. The summed E-state index contributed by atoms with van der Waals surface area (Å²) in [5.41, 5.74) is 1.83. The lowest BCUT2D eigenvalue weighted by Crippen LogP contribution is -2.30. The topological polar surface area (TPSA) is 117 Å². The van der Waals surface area contributed by atoms with Crippen LogP contribution in [0.2, 0.25) is 0 Å². The average Bonchev–Trinajstić information content (AvgIpc) is 3.14. The second kappa shape index (κ2) is 10.1. The Bertz CT molecular complexity index is 1080. The normalized spacial score (nSPS) is 11.7. The summed E-state index contributed by atoms with van der Waals surface area (Å²) in [6, 6.07) is 9.96. The van der Waals surface area contributed by atoms with Crippen molar-refractivity contribution in [2.24, 2.45) is 0 Å². The van der Waals surface area contributed by atoms with E-state index >= 15 is 0 Å². The van der Waals surface area contributed by atoms with E-state index in [2.05, 4.69) is 26.1 Å². The molecule has 0 aliphatic carbocycles. The quantitative estimate of drug-likeness (QED) is 0.496. The zero-order chi connectivity index (χ0) is 22.4. The molecule has 1 atom stereocenters. The van der Waals surface area contributed by atoms with Crippen molar-refractivity contribution in [1.82, 2.24) is 19.9 Å². The summed E-state index contributed by atoms with van der Waals surface area (Å²) in [5.74, 6) is 0.546. The standard InChI is InChI=1S/C21H24N6O3S/c1-13(28)22-16-10-15(11-17(12-16)23-14(2)29)21(30)24-18(7-9-31-3)20-26-25-19-6-4-5-8-27(19)20/h4-6,8,10-12,18H,7,9H2,1-3H3,(H,22,28)(H,23,29)(H,24,30). The predicted molar refractivity (Wildman–Crippen MR) is 121 cm³/mol. The molecule has 3 amide bonds. The zero-order valence-corrected chi connectivity index (χ0v) is 18.3. The fraction of sp³-hybridized carbons (Fsp3) is 0.286. The molecule has 0 spiro atoms. The van der Waals surface area contributed by atoms with E-state index < -0.39 is 0 Å². The number of carbonyl (C=O) groups excluding carboxylic acids is 3. The number of hydrogen-bond acceptors (Lipinski definition) is 6. The molecule has 0 saturated carbocycles. The lowest BCUT2D eigenvalue weighted by Gasteiger charge is -2.18. The minimum atomic E-state index is -0.369. The summed E-state index contributed by atoms with van der Waals surface area (Å²) in [6.45, 7) is 2.75. The van der Waals surface area contributed by atoms with Crippen LogP contribution in [0, 0.1) is 0 Å². The highest BCUT2D eigenvalue weighted by molar-refractivity contribution is 7.98. The van der Waals surface area contributed by atoms with Gasteiger partial charge in [0.15, 0.2) is 11.5 Å². The highest BCUT2D eigenvalue weighted by Gasteiger charge is 2.21. The molecule has 162 valence electrons. The van der Waals surface area contributed by atoms with E-state index in [4.69, 9.17) is 0 Å². The maximum Gasteiger partial charge on any atom is 0.252 e. The summed E-state index contributed by atoms with van der Waals surface area (Å²) in [6.07, 6.45) is 4.51. The number of thioether (sulfide) groups is 1. The zero-order valence-electron chi connectivity index (χ0n) is 17.5. The second-order valence-corrected chi connectivity index (χ2v) is 7.94. The molecule has 2 aromatic heterocycles. The van der Waals surface area contributed by atoms with Gasteiger partial charge < -0.3 is 16.0 Å². The van der Waals surface area contributed by atoms with Crippen molar-refractivity contribution in [3.05, 3.63) is 54.0 Å². The van der Waals surface area contributed by atoms with Crippen molar-refractivity contribution in [3.63, 3.8) is 0 Å². The van der Waals surface area contributed by atoms with Crippen LogP contribution in [0.25, 0.3) is 5.65 Å². The molecular formula is C21H24N6O3S. The Morgan fingerprint density at radius 2 is 1.71 bits per heavy atom. The average molecular weight is 441 g/mol. The van der Waals surface area contributed by atoms with Gasteiger partial charge in [0, 0.05) is 37.0 Å². The molecule has 0 aliphatic rings. The van der Waals surface area contributed by atoms with Gasteiger partial charge >= 0.3 is 0 Å². The lowest BCUT2D eigenvalue weighted by atomic mass is 10.1. The third-order valence-electron chi connectivity index (χ3n) is 4.40. The molecule has 31 heavy (non-hydrogen) atoms. The van der Waals surface area contributed by atoms with Crippen LogP contribution < -0.4 is 16.0 Å². The number of carbonyl (C=O) groups is 3. The van der Waals surface area contributed by atoms with Crippen molar-refractivity contribution < 1.29 is 14.4 Å². The molecule has 1 unspecified atom stereocenters. The first kappa shape index (κ1) is 22.3. The van der Waals surface area contributed by atoms with Gasteiger partial charge in [0.1, 0.15) is 0 Å². The van der Waals surface area contributed by atoms with Crippen molar-refractivity contribution in [1.29, 1.82) is 0 Å². The first-order valence-electron chi connectivity index (χ1n) is 9.67. The number of benzene rings is 1. The number of rotatable bonds is 8. The molecule has 2 heterocycles. The lowest BCUT2D eigenvalue weighted by molar-refractivity contribution is -0.115. The molecule has 3 aromatic rings. The van der Waals surface area contributed by atoms with E-state index in [1.807, 2.05) is 35.1 Å². The van der Waals surface area contributed by atoms with Gasteiger partial charge in [-0.15, -0.1) is 10.2 Å². The number of hydrogen-bond donors (Lipinski definition) is 3. The van der Waals surface area contributed by atoms with Gasteiger partial charge in [0.05, 0.1) is 6.04 Å². The molecule has 0 aliphatic heterocycles. The first-order chi connectivity index (χ1) is 14.9. The fourth-order valence-corrected chi connectivity index (χ4v) is 3.62. The maximum absolute atomic E-state index is 13.1. The van der Waals surface area contributed by atoms with Crippen molar-refractivity contribution >= 4 is 46.5 Å². The Balaban J connectivity index is 1.91. The molecule has 0 fully saturated rings. The van der Waals surface area contributed by atoms with E-state index in [-0.39, 0.29) is 23.8 Å². The van der Waals surface area contributed by atoms with Gasteiger partial charge in [0.25, 0.3) is 5.91 Å². The molecule has 1 aromatic carbocycles. The van der Waals surface area contributed by atoms with Gasteiger partial charge in [-0.25, -0.2) is 0 Å². The molecular weight excluding hydrogens is 416 g/mol. The van der Waals surface area contributed by atoms with E-state index in [0.717, 1.165) is 5.75 Å². The number of fused-ring (bicyclic) bond motifs is 1. The largest absolute Gasteiger partial charge is 0.342 e. The number of nitrogens with zero attached hydrogens (tertiary/aromatic N) is 3.